The Morgan fingerprint density at radius 2 is 0.787 bits per heavy atom. The molecule has 61 heavy (non-hydrogen) atoms. The van der Waals surface area contributed by atoms with E-state index in [4.69, 9.17) is 4.98 Å². The highest BCUT2D eigenvalue weighted by Gasteiger charge is 2.42. The van der Waals surface area contributed by atoms with E-state index < -0.39 is 8.07 Å². The van der Waals surface area contributed by atoms with Crippen LogP contribution >= 0.6 is 0 Å². The maximum Gasteiger partial charge on any atom is 0.179 e. The average Bonchev–Trinajstić information content (AvgIpc) is 3.26. The van der Waals surface area contributed by atoms with Gasteiger partial charge in [-0.15, -0.1) is 0 Å². The third-order valence-corrected chi connectivity index (χ3v) is 17.7. The van der Waals surface area contributed by atoms with E-state index in [1.165, 1.54) is 75.5 Å². The SMILES string of the molecule is CC(C)(C)c1ccc([Si](c2ccc(C(C)(C)C)cc2)(c2ccc(C(C)(C)C)cc2)c2cccc(-c3cc4c(-c5ccccc5)nc5ccccc5c4c4ccccc34)c2)cc1. The highest BCUT2D eigenvalue weighted by molar-refractivity contribution is 7.19. The number of hydrogen-bond acceptors (Lipinski definition) is 1. The van der Waals surface area contributed by atoms with Crippen molar-refractivity contribution in [1.82, 2.24) is 4.98 Å². The highest BCUT2D eigenvalue weighted by atomic mass is 28.3. The summed E-state index contributed by atoms with van der Waals surface area (Å²) in [6.07, 6.45) is 0. The summed E-state index contributed by atoms with van der Waals surface area (Å²) in [5.74, 6) is 0. The molecule has 9 rings (SSSR count). The molecule has 1 aromatic heterocycles. The molecule has 0 spiro atoms. The summed E-state index contributed by atoms with van der Waals surface area (Å²) in [5.41, 5.74) is 9.74. The van der Waals surface area contributed by atoms with Crippen LogP contribution in [0.2, 0.25) is 0 Å². The molecule has 0 fully saturated rings. The van der Waals surface area contributed by atoms with Gasteiger partial charge in [0.15, 0.2) is 8.07 Å². The van der Waals surface area contributed by atoms with Crippen molar-refractivity contribution < 1.29 is 0 Å². The molecule has 302 valence electrons. The summed E-state index contributed by atoms with van der Waals surface area (Å²) >= 11 is 0. The van der Waals surface area contributed by atoms with Gasteiger partial charge in [-0.2, -0.15) is 0 Å². The van der Waals surface area contributed by atoms with Gasteiger partial charge in [-0.3, -0.25) is 0 Å². The van der Waals surface area contributed by atoms with E-state index in [0.29, 0.717) is 0 Å². The van der Waals surface area contributed by atoms with Crippen LogP contribution in [0.1, 0.15) is 79.0 Å². The zero-order chi connectivity index (χ0) is 42.7. The summed E-state index contributed by atoms with van der Waals surface area (Å²) in [7, 11) is -2.94. The second-order valence-corrected chi connectivity index (χ2v) is 23.9. The summed E-state index contributed by atoms with van der Waals surface area (Å²) in [5, 5.41) is 11.6. The van der Waals surface area contributed by atoms with E-state index in [9.17, 15) is 0 Å². The fourth-order valence-corrected chi connectivity index (χ4v) is 14.2. The van der Waals surface area contributed by atoms with E-state index in [2.05, 4.69) is 244 Å². The predicted octanol–water partition coefficient (Wildman–Crippen LogP) is 13.1. The van der Waals surface area contributed by atoms with E-state index in [1.54, 1.807) is 0 Å². The minimum absolute atomic E-state index is 0.0430. The number of aromatic nitrogens is 1. The maximum atomic E-state index is 5.37. The van der Waals surface area contributed by atoms with Gasteiger partial charge in [0.2, 0.25) is 0 Å². The van der Waals surface area contributed by atoms with Crippen LogP contribution in [-0.2, 0) is 16.2 Å². The molecule has 8 aromatic carbocycles. The highest BCUT2D eigenvalue weighted by Crippen LogP contribution is 2.41. The van der Waals surface area contributed by atoms with Crippen molar-refractivity contribution in [2.45, 2.75) is 78.6 Å². The van der Waals surface area contributed by atoms with Gasteiger partial charge in [0.05, 0.1) is 11.2 Å². The minimum Gasteiger partial charge on any atom is -0.247 e. The second-order valence-electron chi connectivity index (χ2n) is 20.0. The number of fused-ring (bicyclic) bond motifs is 5. The van der Waals surface area contributed by atoms with E-state index in [0.717, 1.165) is 16.8 Å². The normalized spacial score (nSPS) is 12.7. The third kappa shape index (κ3) is 7.21. The molecule has 0 saturated carbocycles. The van der Waals surface area contributed by atoms with Crippen LogP contribution in [0.3, 0.4) is 0 Å². The number of para-hydroxylation sites is 1. The first kappa shape index (κ1) is 40.3. The monoisotopic (exact) mass is 807 g/mol. The van der Waals surface area contributed by atoms with Gasteiger partial charge in [-0.25, -0.2) is 4.98 Å². The Morgan fingerprint density at radius 3 is 1.30 bits per heavy atom. The summed E-state index contributed by atoms with van der Waals surface area (Å²) in [6, 6.07) is 69.2. The molecule has 0 radical (unpaired) electrons. The quantitative estimate of drug-likeness (QED) is 0.0926. The Balaban J connectivity index is 1.37. The molecule has 0 atom stereocenters. The van der Waals surface area contributed by atoms with Crippen LogP contribution in [0.4, 0.5) is 0 Å². The van der Waals surface area contributed by atoms with E-state index in [-0.39, 0.29) is 16.2 Å². The van der Waals surface area contributed by atoms with Gasteiger partial charge in [-0.1, -0.05) is 232 Å². The van der Waals surface area contributed by atoms with Gasteiger partial charge in [-0.05, 0) is 87.7 Å². The molecule has 0 aliphatic rings. The first-order chi connectivity index (χ1) is 29.1. The first-order valence-corrected chi connectivity index (χ1v) is 23.9. The molecule has 0 aliphatic carbocycles. The lowest BCUT2D eigenvalue weighted by molar-refractivity contribution is 0.590. The van der Waals surface area contributed by atoms with Crippen molar-refractivity contribution in [1.29, 1.82) is 0 Å². The number of pyridine rings is 1. The molecule has 0 bridgehead atoms. The number of benzene rings is 8. The third-order valence-electron chi connectivity index (χ3n) is 12.9. The molecular weight excluding hydrogens is 751 g/mol. The molecule has 2 heteroatoms. The molecule has 9 aromatic rings. The fraction of sp³-hybridized carbons (Fsp3) is 0.203. The van der Waals surface area contributed by atoms with Crippen molar-refractivity contribution in [2.75, 3.05) is 0 Å². The van der Waals surface area contributed by atoms with Crippen LogP contribution < -0.4 is 20.7 Å². The Labute approximate surface area is 364 Å². The smallest absolute Gasteiger partial charge is 0.179 e. The number of hydrogen-bond donors (Lipinski definition) is 0. The molecule has 0 N–H and O–H groups in total. The Morgan fingerprint density at radius 1 is 0.344 bits per heavy atom. The summed E-state index contributed by atoms with van der Waals surface area (Å²) < 4.78 is 0. The topological polar surface area (TPSA) is 12.9 Å². The average molecular weight is 808 g/mol. The second kappa shape index (κ2) is 15.1. The van der Waals surface area contributed by atoms with Crippen LogP contribution in [-0.4, -0.2) is 13.1 Å². The number of nitrogens with zero attached hydrogens (tertiary/aromatic N) is 1. The van der Waals surface area contributed by atoms with Gasteiger partial charge in [0.25, 0.3) is 0 Å². The van der Waals surface area contributed by atoms with Crippen LogP contribution in [0.15, 0.2) is 182 Å². The summed E-state index contributed by atoms with van der Waals surface area (Å²) in [4.78, 5) is 5.37. The van der Waals surface area contributed by atoms with Crippen LogP contribution in [0, 0.1) is 0 Å². The largest absolute Gasteiger partial charge is 0.247 e. The molecular formula is C59H57NSi. The Kier molecular flexibility index (Phi) is 9.99. The van der Waals surface area contributed by atoms with Gasteiger partial charge in [0.1, 0.15) is 0 Å². The lowest BCUT2D eigenvalue weighted by atomic mass is 9.87. The van der Waals surface area contributed by atoms with E-state index in [1.807, 2.05) is 0 Å². The lowest BCUT2D eigenvalue weighted by Crippen LogP contribution is -2.74. The van der Waals surface area contributed by atoms with Crippen molar-refractivity contribution in [3.8, 4) is 22.4 Å². The van der Waals surface area contributed by atoms with Crippen LogP contribution in [0.5, 0.6) is 0 Å². The predicted molar refractivity (Wildman–Crippen MR) is 267 cm³/mol. The van der Waals surface area contributed by atoms with Crippen molar-refractivity contribution in [3.05, 3.63) is 199 Å². The van der Waals surface area contributed by atoms with E-state index >= 15 is 0 Å². The Bertz CT molecular complexity index is 2890. The zero-order valence-electron chi connectivity index (χ0n) is 37.3. The van der Waals surface area contributed by atoms with Gasteiger partial charge < -0.3 is 0 Å². The molecule has 0 aliphatic heterocycles. The van der Waals surface area contributed by atoms with Crippen molar-refractivity contribution >= 4 is 61.3 Å². The zero-order valence-corrected chi connectivity index (χ0v) is 38.3. The molecule has 0 unspecified atom stereocenters. The van der Waals surface area contributed by atoms with Crippen molar-refractivity contribution in [3.63, 3.8) is 0 Å². The number of rotatable bonds is 6. The maximum absolute atomic E-state index is 5.37. The first-order valence-electron chi connectivity index (χ1n) is 21.9. The molecule has 0 amide bonds. The standard InChI is InChI=1S/C59H57NSi/c1-57(2,3)42-26-32-45(33-27-42)61(46-34-28-43(29-35-46)58(4,5)6,47-36-30-44(31-37-47)59(7,8)9)48-21-17-20-41(38-48)52-39-53-55(50-23-14-13-22-49(50)52)51-24-15-16-25-54(51)60-56(53)40-18-11-10-12-19-40/h10-39H,1-9H3. The Hall–Kier alpha value is -6.09. The molecule has 1 nitrogen and oxygen atoms in total. The lowest BCUT2D eigenvalue weighted by Gasteiger charge is -2.36. The minimum atomic E-state index is -2.94. The fourth-order valence-electron chi connectivity index (χ4n) is 9.45. The van der Waals surface area contributed by atoms with Crippen molar-refractivity contribution in [2.24, 2.45) is 0 Å². The molecule has 0 saturated heterocycles. The van der Waals surface area contributed by atoms with Gasteiger partial charge >= 0.3 is 0 Å². The summed E-state index contributed by atoms with van der Waals surface area (Å²) in [6.45, 7) is 20.8. The van der Waals surface area contributed by atoms with Gasteiger partial charge in [0, 0.05) is 21.7 Å². The molecule has 1 heterocycles. The van der Waals surface area contributed by atoms with Crippen LogP contribution in [0.25, 0.3) is 54.8 Å².